The number of amides is 1. The number of nitrogens with zero attached hydrogens (tertiary/aromatic N) is 1. The highest BCUT2D eigenvalue weighted by atomic mass is 79.9. The lowest BCUT2D eigenvalue weighted by Gasteiger charge is -2.21. The number of carbonyl (C=O) groups excluding carboxylic acids is 1. The second-order valence-corrected chi connectivity index (χ2v) is 5.90. The van der Waals surface area contributed by atoms with Crippen molar-refractivity contribution in [3.05, 3.63) is 0 Å². The molecular weight excluding hydrogens is 266 g/mol. The number of unbranched alkanes of at least 4 members (excludes halogenated alkanes) is 1. The fraction of sp³-hybridized carbons (Fsp3) is 0.923. The molecule has 0 saturated carbocycles. The monoisotopic (exact) mass is 289 g/mol. The van der Waals surface area contributed by atoms with Gasteiger partial charge in [-0.3, -0.25) is 4.79 Å². The normalized spacial score (nSPS) is 22.6. The van der Waals surface area contributed by atoms with E-state index in [0.29, 0.717) is 5.91 Å². The molecule has 1 amide bonds. The van der Waals surface area contributed by atoms with E-state index in [1.165, 1.54) is 6.42 Å². The highest BCUT2D eigenvalue weighted by molar-refractivity contribution is 9.09. The molecule has 0 spiro atoms. The summed E-state index contributed by atoms with van der Waals surface area (Å²) in [4.78, 5) is 14.0. The number of likely N-dealkylation sites (tertiary alicyclic amines) is 1. The van der Waals surface area contributed by atoms with Crippen LogP contribution < -0.4 is 0 Å². The molecule has 1 atom stereocenters. The summed E-state index contributed by atoms with van der Waals surface area (Å²) >= 11 is 3.43. The quantitative estimate of drug-likeness (QED) is 0.561. The number of alkyl halides is 1. The molecule has 2 nitrogen and oxygen atoms in total. The van der Waals surface area contributed by atoms with Crippen molar-refractivity contribution < 1.29 is 4.79 Å². The summed E-state index contributed by atoms with van der Waals surface area (Å²) in [6.07, 6.45) is 5.33. The lowest BCUT2D eigenvalue weighted by atomic mass is 9.89. The molecule has 1 aliphatic rings. The summed E-state index contributed by atoms with van der Waals surface area (Å²) in [6, 6.07) is 0. The van der Waals surface area contributed by atoms with E-state index in [-0.39, 0.29) is 0 Å². The van der Waals surface area contributed by atoms with Crippen LogP contribution in [0.4, 0.5) is 0 Å². The molecule has 0 N–H and O–H groups in total. The second-order valence-electron chi connectivity index (χ2n) is 5.11. The zero-order valence-corrected chi connectivity index (χ0v) is 12.1. The third-order valence-electron chi connectivity index (χ3n) is 3.61. The van der Waals surface area contributed by atoms with Crippen molar-refractivity contribution >= 4 is 21.8 Å². The highest BCUT2D eigenvalue weighted by Crippen LogP contribution is 2.25. The number of carbonyl (C=O) groups is 1. The second kappa shape index (κ2) is 7.31. The van der Waals surface area contributed by atoms with Gasteiger partial charge in [-0.05, 0) is 37.5 Å². The molecule has 1 heterocycles. The van der Waals surface area contributed by atoms with E-state index in [1.54, 1.807) is 0 Å². The minimum absolute atomic E-state index is 0.373. The van der Waals surface area contributed by atoms with Crippen LogP contribution in [-0.4, -0.2) is 29.2 Å². The first-order valence-corrected chi connectivity index (χ1v) is 7.61. The van der Waals surface area contributed by atoms with Crippen LogP contribution in [-0.2, 0) is 4.79 Å². The molecule has 0 aromatic carbocycles. The number of halogens is 1. The van der Waals surface area contributed by atoms with Crippen molar-refractivity contribution in [3.8, 4) is 0 Å². The fourth-order valence-electron chi connectivity index (χ4n) is 2.36. The maximum Gasteiger partial charge on any atom is 0.222 e. The molecule has 0 aromatic rings. The predicted molar refractivity (Wildman–Crippen MR) is 71.8 cm³/mol. The summed E-state index contributed by atoms with van der Waals surface area (Å²) in [6.45, 7) is 6.48. The first-order valence-electron chi connectivity index (χ1n) is 6.49. The van der Waals surface area contributed by atoms with E-state index in [9.17, 15) is 4.79 Å². The Kier molecular flexibility index (Phi) is 6.40. The molecule has 1 rings (SSSR count). The van der Waals surface area contributed by atoms with Gasteiger partial charge in [-0.25, -0.2) is 0 Å². The zero-order chi connectivity index (χ0) is 12.0. The van der Waals surface area contributed by atoms with E-state index in [2.05, 4.69) is 34.7 Å². The van der Waals surface area contributed by atoms with Crippen LogP contribution in [0.5, 0.6) is 0 Å². The van der Waals surface area contributed by atoms with Crippen LogP contribution in [0.15, 0.2) is 0 Å². The Morgan fingerprint density at radius 1 is 1.38 bits per heavy atom. The molecule has 3 heteroatoms. The molecule has 1 saturated heterocycles. The summed E-state index contributed by atoms with van der Waals surface area (Å²) in [5.41, 5.74) is 0. The molecule has 1 fully saturated rings. The van der Waals surface area contributed by atoms with Crippen LogP contribution in [0.1, 0.15) is 46.0 Å². The zero-order valence-electron chi connectivity index (χ0n) is 10.5. The highest BCUT2D eigenvalue weighted by Gasteiger charge is 2.23. The van der Waals surface area contributed by atoms with Gasteiger partial charge >= 0.3 is 0 Å². The summed E-state index contributed by atoms with van der Waals surface area (Å²) < 4.78 is 0. The largest absolute Gasteiger partial charge is 0.343 e. The van der Waals surface area contributed by atoms with Gasteiger partial charge in [-0.15, -0.1) is 0 Å². The van der Waals surface area contributed by atoms with Crippen molar-refractivity contribution in [3.63, 3.8) is 0 Å². The van der Waals surface area contributed by atoms with Crippen molar-refractivity contribution in [1.29, 1.82) is 0 Å². The Hall–Kier alpha value is -0.0500. The minimum atomic E-state index is 0.373. The third kappa shape index (κ3) is 4.44. The molecule has 1 unspecified atom stereocenters. The minimum Gasteiger partial charge on any atom is -0.343 e. The summed E-state index contributed by atoms with van der Waals surface area (Å²) in [5, 5.41) is 1.05. The smallest absolute Gasteiger partial charge is 0.222 e. The molecule has 0 bridgehead atoms. The average Bonchev–Trinajstić information content (AvgIpc) is 2.42. The maximum atomic E-state index is 11.9. The molecule has 0 radical (unpaired) electrons. The Labute approximate surface area is 108 Å². The number of hydrogen-bond donors (Lipinski definition) is 0. The van der Waals surface area contributed by atoms with E-state index >= 15 is 0 Å². The first kappa shape index (κ1) is 14.0. The maximum absolute atomic E-state index is 11.9. The van der Waals surface area contributed by atoms with Crippen molar-refractivity contribution in [1.82, 2.24) is 4.90 Å². The van der Waals surface area contributed by atoms with E-state index in [0.717, 1.165) is 55.9 Å². The van der Waals surface area contributed by atoms with Crippen LogP contribution in [0.2, 0.25) is 0 Å². The van der Waals surface area contributed by atoms with Crippen LogP contribution in [0.3, 0.4) is 0 Å². The van der Waals surface area contributed by atoms with Gasteiger partial charge in [-0.2, -0.15) is 0 Å². The van der Waals surface area contributed by atoms with Gasteiger partial charge in [0, 0.05) is 24.8 Å². The molecule has 16 heavy (non-hydrogen) atoms. The van der Waals surface area contributed by atoms with Gasteiger partial charge in [0.1, 0.15) is 0 Å². The van der Waals surface area contributed by atoms with Gasteiger partial charge in [0.05, 0.1) is 0 Å². The standard InChI is InChI=1S/C13H24BrNO/c1-11(2)12-5-6-13(16)15(10-7-12)9-4-3-8-14/h11-12H,3-10H2,1-2H3. The van der Waals surface area contributed by atoms with Gasteiger partial charge in [0.25, 0.3) is 0 Å². The number of hydrogen-bond acceptors (Lipinski definition) is 1. The first-order chi connectivity index (χ1) is 7.65. The van der Waals surface area contributed by atoms with Crippen molar-refractivity contribution in [2.24, 2.45) is 11.8 Å². The SMILES string of the molecule is CC(C)C1CCC(=O)N(CCCCBr)CC1. The molecule has 94 valence electrons. The average molecular weight is 290 g/mol. The molecule has 0 aromatic heterocycles. The lowest BCUT2D eigenvalue weighted by molar-refractivity contribution is -0.130. The Morgan fingerprint density at radius 2 is 2.12 bits per heavy atom. The molecule has 1 aliphatic heterocycles. The van der Waals surface area contributed by atoms with Gasteiger partial charge < -0.3 is 4.90 Å². The number of rotatable bonds is 5. The lowest BCUT2D eigenvalue weighted by Crippen LogP contribution is -2.31. The summed E-state index contributed by atoms with van der Waals surface area (Å²) in [5.74, 6) is 1.83. The molecular formula is C13H24BrNO. The van der Waals surface area contributed by atoms with E-state index < -0.39 is 0 Å². The van der Waals surface area contributed by atoms with E-state index in [4.69, 9.17) is 0 Å². The summed E-state index contributed by atoms with van der Waals surface area (Å²) in [7, 11) is 0. The Bertz CT molecular complexity index is 218. The Morgan fingerprint density at radius 3 is 2.75 bits per heavy atom. The van der Waals surface area contributed by atoms with Crippen LogP contribution in [0.25, 0.3) is 0 Å². The molecule has 0 aliphatic carbocycles. The topological polar surface area (TPSA) is 20.3 Å². The van der Waals surface area contributed by atoms with Crippen LogP contribution in [0, 0.1) is 11.8 Å². The fourth-order valence-corrected chi connectivity index (χ4v) is 2.75. The predicted octanol–water partition coefficient (Wildman–Crippen LogP) is 3.45. The van der Waals surface area contributed by atoms with Crippen molar-refractivity contribution in [2.75, 3.05) is 18.4 Å². The van der Waals surface area contributed by atoms with Gasteiger partial charge in [0.2, 0.25) is 5.91 Å². The Balaban J connectivity index is 2.38. The van der Waals surface area contributed by atoms with Crippen LogP contribution >= 0.6 is 15.9 Å². The van der Waals surface area contributed by atoms with E-state index in [1.807, 2.05) is 0 Å². The van der Waals surface area contributed by atoms with Gasteiger partial charge in [-0.1, -0.05) is 29.8 Å². The third-order valence-corrected chi connectivity index (χ3v) is 4.17. The van der Waals surface area contributed by atoms with Gasteiger partial charge in [0.15, 0.2) is 0 Å². The van der Waals surface area contributed by atoms with Crippen molar-refractivity contribution in [2.45, 2.75) is 46.0 Å².